The van der Waals surface area contributed by atoms with Gasteiger partial charge in [-0.25, -0.2) is 4.98 Å². The molecule has 0 saturated carbocycles. The number of nitrogens with two attached hydrogens (primary N) is 1. The molecule has 3 heterocycles. The van der Waals surface area contributed by atoms with Crippen LogP contribution in [0.3, 0.4) is 0 Å². The van der Waals surface area contributed by atoms with Crippen molar-refractivity contribution in [3.05, 3.63) is 53.1 Å². The van der Waals surface area contributed by atoms with Crippen molar-refractivity contribution in [2.24, 2.45) is 5.73 Å². The molecule has 4 rings (SSSR count). The Hall–Kier alpha value is -3.53. The van der Waals surface area contributed by atoms with Crippen molar-refractivity contribution in [2.75, 3.05) is 0 Å². The molecule has 2 aliphatic heterocycles. The largest absolute Gasteiger partial charge is 0.351 e. The van der Waals surface area contributed by atoms with Crippen molar-refractivity contribution in [3.63, 3.8) is 0 Å². The SMILES string of the molecule is N[C@@H](Cc1c[nH]cn1)C(=O)NCc1ccc2c(c1)CN([C@@H]1CCC(=O)NC1=O)C2=O. The molecule has 5 N–H and O–H groups in total. The van der Waals surface area contributed by atoms with Crippen LogP contribution in [0.2, 0.25) is 0 Å². The van der Waals surface area contributed by atoms with Crippen molar-refractivity contribution in [1.29, 1.82) is 0 Å². The number of nitrogens with zero attached hydrogens (tertiary/aromatic N) is 2. The van der Waals surface area contributed by atoms with Crippen LogP contribution in [0.1, 0.15) is 40.0 Å². The monoisotopic (exact) mass is 410 g/mol. The second-order valence-corrected chi connectivity index (χ2v) is 7.48. The Morgan fingerprint density at radius 1 is 1.33 bits per heavy atom. The van der Waals surface area contributed by atoms with Gasteiger partial charge in [-0.05, 0) is 23.6 Å². The van der Waals surface area contributed by atoms with Gasteiger partial charge in [0.2, 0.25) is 17.7 Å². The van der Waals surface area contributed by atoms with Crippen LogP contribution < -0.4 is 16.4 Å². The molecule has 10 nitrogen and oxygen atoms in total. The number of carbonyl (C=O) groups is 4. The third-order valence-corrected chi connectivity index (χ3v) is 5.38. The van der Waals surface area contributed by atoms with Crippen LogP contribution in [0.25, 0.3) is 0 Å². The minimum atomic E-state index is -0.715. The number of H-pyrrole nitrogens is 1. The average molecular weight is 410 g/mol. The molecule has 1 aromatic heterocycles. The Labute approximate surface area is 172 Å². The third kappa shape index (κ3) is 3.94. The zero-order valence-corrected chi connectivity index (χ0v) is 16.2. The van der Waals surface area contributed by atoms with Gasteiger partial charge >= 0.3 is 0 Å². The molecule has 0 unspecified atom stereocenters. The summed E-state index contributed by atoms with van der Waals surface area (Å²) in [6, 6.07) is 3.95. The molecule has 0 spiro atoms. The number of benzene rings is 1. The van der Waals surface area contributed by atoms with Crippen LogP contribution >= 0.6 is 0 Å². The summed E-state index contributed by atoms with van der Waals surface area (Å²) in [6.45, 7) is 0.563. The van der Waals surface area contributed by atoms with Gasteiger partial charge in [-0.3, -0.25) is 24.5 Å². The van der Waals surface area contributed by atoms with Crippen molar-refractivity contribution < 1.29 is 19.2 Å². The van der Waals surface area contributed by atoms with Gasteiger partial charge in [0, 0.05) is 37.7 Å². The number of carbonyl (C=O) groups excluding carboxylic acids is 4. The zero-order chi connectivity index (χ0) is 21.3. The Balaban J connectivity index is 1.37. The lowest BCUT2D eigenvalue weighted by Crippen LogP contribution is -2.52. The van der Waals surface area contributed by atoms with Crippen LogP contribution in [0.4, 0.5) is 0 Å². The summed E-state index contributed by atoms with van der Waals surface area (Å²) < 4.78 is 0. The highest BCUT2D eigenvalue weighted by molar-refractivity contribution is 6.05. The number of imide groups is 1. The second kappa shape index (κ2) is 8.07. The highest BCUT2D eigenvalue weighted by Gasteiger charge is 2.39. The van der Waals surface area contributed by atoms with E-state index in [1.807, 2.05) is 6.07 Å². The molecule has 2 aromatic rings. The highest BCUT2D eigenvalue weighted by atomic mass is 16.2. The van der Waals surface area contributed by atoms with E-state index in [4.69, 9.17) is 5.73 Å². The van der Waals surface area contributed by atoms with Gasteiger partial charge in [-0.15, -0.1) is 0 Å². The van der Waals surface area contributed by atoms with Crippen LogP contribution in [-0.4, -0.2) is 50.6 Å². The highest BCUT2D eigenvalue weighted by Crippen LogP contribution is 2.28. The third-order valence-electron chi connectivity index (χ3n) is 5.38. The molecule has 0 aliphatic carbocycles. The first-order valence-electron chi connectivity index (χ1n) is 9.70. The Morgan fingerprint density at radius 2 is 2.17 bits per heavy atom. The van der Waals surface area contributed by atoms with E-state index in [-0.39, 0.29) is 30.7 Å². The number of fused-ring (bicyclic) bond motifs is 1. The molecule has 2 aliphatic rings. The molecule has 156 valence electrons. The first kappa shape index (κ1) is 19.8. The van der Waals surface area contributed by atoms with Crippen LogP contribution in [-0.2, 0) is 33.9 Å². The molecule has 1 aromatic carbocycles. The van der Waals surface area contributed by atoms with Crippen molar-refractivity contribution in [2.45, 2.75) is 44.4 Å². The van der Waals surface area contributed by atoms with Gasteiger partial charge in [0.15, 0.2) is 0 Å². The summed E-state index contributed by atoms with van der Waals surface area (Å²) in [6.07, 6.45) is 4.09. The quantitative estimate of drug-likeness (QED) is 0.465. The lowest BCUT2D eigenvalue weighted by atomic mass is 10.0. The summed E-state index contributed by atoms with van der Waals surface area (Å²) >= 11 is 0. The van der Waals surface area contributed by atoms with Crippen LogP contribution in [0.15, 0.2) is 30.7 Å². The molecule has 2 atom stereocenters. The van der Waals surface area contributed by atoms with Crippen LogP contribution in [0, 0.1) is 0 Å². The molecule has 30 heavy (non-hydrogen) atoms. The van der Waals surface area contributed by atoms with E-state index in [2.05, 4.69) is 20.6 Å². The van der Waals surface area contributed by atoms with E-state index in [0.29, 0.717) is 30.6 Å². The molecule has 0 radical (unpaired) electrons. The normalized spacial score (nSPS) is 19.4. The summed E-state index contributed by atoms with van der Waals surface area (Å²) in [5, 5.41) is 5.08. The Bertz CT molecular complexity index is 1000. The fourth-order valence-electron chi connectivity index (χ4n) is 3.78. The molecule has 4 amide bonds. The standard InChI is InChI=1S/C20H22N6O4/c21-15(6-13-8-22-10-24-13)18(28)23-7-11-1-2-14-12(5-11)9-26(20(14)30)16-3-4-17(27)25-19(16)29/h1-2,5,8,10,15-16H,3-4,6-7,9,21H2,(H,22,24)(H,23,28)(H,25,27,29)/t15-,16+/m0/s1. The Kier molecular flexibility index (Phi) is 5.32. The maximum atomic E-state index is 12.7. The first-order valence-corrected chi connectivity index (χ1v) is 9.70. The summed E-state index contributed by atoms with van der Waals surface area (Å²) in [4.78, 5) is 56.8. The summed E-state index contributed by atoms with van der Waals surface area (Å²) in [5.41, 5.74) is 8.78. The van der Waals surface area contributed by atoms with E-state index in [1.54, 1.807) is 18.3 Å². The summed E-state index contributed by atoms with van der Waals surface area (Å²) in [7, 11) is 0. The summed E-state index contributed by atoms with van der Waals surface area (Å²) in [5.74, 6) is -1.27. The maximum Gasteiger partial charge on any atom is 0.255 e. The first-order chi connectivity index (χ1) is 14.4. The van der Waals surface area contributed by atoms with Gasteiger partial charge in [-0.1, -0.05) is 12.1 Å². The van der Waals surface area contributed by atoms with E-state index in [1.165, 1.54) is 11.2 Å². The van der Waals surface area contributed by atoms with Gasteiger partial charge in [0.05, 0.1) is 18.1 Å². The number of amides is 4. The van der Waals surface area contributed by atoms with Gasteiger partial charge in [0.1, 0.15) is 6.04 Å². The lowest BCUT2D eigenvalue weighted by Gasteiger charge is -2.29. The number of nitrogens with one attached hydrogen (secondary N) is 3. The number of aromatic nitrogens is 2. The lowest BCUT2D eigenvalue weighted by molar-refractivity contribution is -0.137. The van der Waals surface area contributed by atoms with Gasteiger partial charge in [-0.2, -0.15) is 0 Å². The second-order valence-electron chi connectivity index (χ2n) is 7.48. The topological polar surface area (TPSA) is 150 Å². The van der Waals surface area contributed by atoms with E-state index < -0.39 is 18.0 Å². The van der Waals surface area contributed by atoms with Crippen LogP contribution in [0.5, 0.6) is 0 Å². The minimum Gasteiger partial charge on any atom is -0.351 e. The predicted octanol–water partition coefficient (Wildman–Crippen LogP) is -0.643. The number of hydrogen-bond donors (Lipinski definition) is 4. The molecular weight excluding hydrogens is 388 g/mol. The van der Waals surface area contributed by atoms with Gasteiger partial charge < -0.3 is 20.9 Å². The molecule has 1 saturated heterocycles. The van der Waals surface area contributed by atoms with Crippen molar-refractivity contribution in [3.8, 4) is 0 Å². The molecule has 1 fully saturated rings. The van der Waals surface area contributed by atoms with Crippen molar-refractivity contribution >= 4 is 23.6 Å². The Morgan fingerprint density at radius 3 is 2.90 bits per heavy atom. The smallest absolute Gasteiger partial charge is 0.255 e. The fraction of sp³-hybridized carbons (Fsp3) is 0.350. The van der Waals surface area contributed by atoms with E-state index in [0.717, 1.165) is 11.1 Å². The number of hydrogen-bond acceptors (Lipinski definition) is 6. The molecule has 0 bridgehead atoms. The predicted molar refractivity (Wildman–Crippen MR) is 105 cm³/mol. The van der Waals surface area contributed by atoms with E-state index in [9.17, 15) is 19.2 Å². The van der Waals surface area contributed by atoms with E-state index >= 15 is 0 Å². The zero-order valence-electron chi connectivity index (χ0n) is 16.2. The molecular formula is C20H22N6O4. The van der Waals surface area contributed by atoms with Crippen molar-refractivity contribution in [1.82, 2.24) is 25.5 Å². The minimum absolute atomic E-state index is 0.215. The molecule has 10 heteroatoms. The number of rotatable bonds is 6. The number of imidazole rings is 1. The number of aromatic amines is 1. The maximum absolute atomic E-state index is 12.7. The fourth-order valence-corrected chi connectivity index (χ4v) is 3.78. The number of piperidine rings is 1. The van der Waals surface area contributed by atoms with Gasteiger partial charge in [0.25, 0.3) is 5.91 Å². The average Bonchev–Trinajstić information content (AvgIpc) is 3.34.